The second-order valence-corrected chi connectivity index (χ2v) is 3.03. The molecule has 2 rings (SSSR count). The largest absolute Gasteiger partial charge is 0.264 e. The predicted molar refractivity (Wildman–Crippen MR) is 63.7 cm³/mol. The average molecular weight is 210 g/mol. The van der Waals surface area contributed by atoms with E-state index in [1.54, 1.807) is 31.0 Å². The van der Waals surface area contributed by atoms with Crippen molar-refractivity contribution in [1.29, 1.82) is 0 Å². The molecule has 2 heterocycles. The van der Waals surface area contributed by atoms with Crippen LogP contribution in [0.2, 0.25) is 0 Å². The molecule has 2 aromatic rings. The van der Waals surface area contributed by atoms with Gasteiger partial charge < -0.3 is 0 Å². The van der Waals surface area contributed by atoms with E-state index in [-0.39, 0.29) is 0 Å². The summed E-state index contributed by atoms with van der Waals surface area (Å²) in [6, 6.07) is 9.38. The van der Waals surface area contributed by atoms with Crippen molar-refractivity contribution in [3.63, 3.8) is 0 Å². The Balaban J connectivity index is 1.98. The van der Waals surface area contributed by atoms with E-state index >= 15 is 0 Å². The molecule has 16 heavy (non-hydrogen) atoms. The molecule has 0 saturated heterocycles. The Morgan fingerprint density at radius 1 is 0.938 bits per heavy atom. The van der Waals surface area contributed by atoms with Crippen LogP contribution >= 0.6 is 0 Å². The van der Waals surface area contributed by atoms with Crippen LogP contribution in [0.4, 0.5) is 0 Å². The van der Waals surface area contributed by atoms with E-state index < -0.39 is 0 Å². The van der Waals surface area contributed by atoms with Gasteiger partial charge in [-0.1, -0.05) is 12.1 Å². The lowest BCUT2D eigenvalue weighted by Crippen LogP contribution is -1.84. The SMILES string of the molecule is C(=NN=Cc1ccccn1)c1cccnc1. The molecule has 0 aliphatic rings. The van der Waals surface area contributed by atoms with Gasteiger partial charge in [-0.3, -0.25) is 9.97 Å². The van der Waals surface area contributed by atoms with Gasteiger partial charge in [0.1, 0.15) is 0 Å². The second kappa shape index (κ2) is 5.50. The van der Waals surface area contributed by atoms with Gasteiger partial charge >= 0.3 is 0 Å². The fourth-order valence-corrected chi connectivity index (χ4v) is 1.10. The van der Waals surface area contributed by atoms with Gasteiger partial charge in [0.2, 0.25) is 0 Å². The number of nitrogens with zero attached hydrogens (tertiary/aromatic N) is 4. The van der Waals surface area contributed by atoms with E-state index in [4.69, 9.17) is 0 Å². The van der Waals surface area contributed by atoms with Crippen LogP contribution < -0.4 is 0 Å². The fourth-order valence-electron chi connectivity index (χ4n) is 1.10. The van der Waals surface area contributed by atoms with Crippen LogP contribution in [0.15, 0.2) is 59.1 Å². The van der Waals surface area contributed by atoms with Crippen molar-refractivity contribution in [2.24, 2.45) is 10.2 Å². The van der Waals surface area contributed by atoms with Crippen LogP contribution in [0.3, 0.4) is 0 Å². The summed E-state index contributed by atoms with van der Waals surface area (Å²) in [7, 11) is 0. The number of pyridine rings is 2. The number of hydrogen-bond donors (Lipinski definition) is 0. The molecular weight excluding hydrogens is 200 g/mol. The molecule has 0 aromatic carbocycles. The van der Waals surface area contributed by atoms with E-state index in [2.05, 4.69) is 20.2 Å². The standard InChI is InChI=1S/C12H10N4/c1-2-7-14-12(5-1)10-16-15-9-11-4-3-6-13-8-11/h1-10H. The van der Waals surface area contributed by atoms with E-state index in [0.717, 1.165) is 11.3 Å². The van der Waals surface area contributed by atoms with Gasteiger partial charge in [-0.05, 0) is 18.2 Å². The third-order valence-corrected chi connectivity index (χ3v) is 1.84. The Labute approximate surface area is 93.4 Å². The van der Waals surface area contributed by atoms with Gasteiger partial charge in [0.25, 0.3) is 0 Å². The quantitative estimate of drug-likeness (QED) is 0.574. The first-order valence-electron chi connectivity index (χ1n) is 4.82. The molecule has 2 aromatic heterocycles. The van der Waals surface area contributed by atoms with Gasteiger partial charge in [-0.2, -0.15) is 10.2 Å². The highest BCUT2D eigenvalue weighted by Crippen LogP contribution is 1.92. The van der Waals surface area contributed by atoms with Crippen molar-refractivity contribution < 1.29 is 0 Å². The van der Waals surface area contributed by atoms with Gasteiger partial charge in [-0.15, -0.1) is 0 Å². The lowest BCUT2D eigenvalue weighted by Gasteiger charge is -1.88. The Morgan fingerprint density at radius 2 is 1.88 bits per heavy atom. The molecular formula is C12H10N4. The maximum absolute atomic E-state index is 4.09. The van der Waals surface area contributed by atoms with Crippen molar-refractivity contribution in [2.45, 2.75) is 0 Å². The Kier molecular flexibility index (Phi) is 3.50. The third kappa shape index (κ3) is 3.09. The maximum Gasteiger partial charge on any atom is 0.0831 e. The highest BCUT2D eigenvalue weighted by atomic mass is 15.2. The Morgan fingerprint density at radius 3 is 2.62 bits per heavy atom. The molecule has 0 aliphatic carbocycles. The van der Waals surface area contributed by atoms with Crippen LogP contribution in [0.1, 0.15) is 11.3 Å². The topological polar surface area (TPSA) is 50.5 Å². The van der Waals surface area contributed by atoms with Crippen molar-refractivity contribution >= 4 is 12.4 Å². The number of hydrogen-bond acceptors (Lipinski definition) is 4. The van der Waals surface area contributed by atoms with Gasteiger partial charge in [0, 0.05) is 24.2 Å². The van der Waals surface area contributed by atoms with Gasteiger partial charge in [-0.25, -0.2) is 0 Å². The molecule has 4 nitrogen and oxygen atoms in total. The summed E-state index contributed by atoms with van der Waals surface area (Å²) in [6.45, 7) is 0. The minimum absolute atomic E-state index is 0.783. The van der Waals surface area contributed by atoms with Crippen LogP contribution in [0.25, 0.3) is 0 Å². The zero-order valence-electron chi connectivity index (χ0n) is 8.56. The van der Waals surface area contributed by atoms with Crippen LogP contribution in [0.5, 0.6) is 0 Å². The number of aromatic nitrogens is 2. The molecule has 0 radical (unpaired) electrons. The zero-order valence-corrected chi connectivity index (χ0v) is 8.56. The molecule has 0 N–H and O–H groups in total. The normalized spacial score (nSPS) is 11.2. The van der Waals surface area contributed by atoms with Crippen molar-refractivity contribution in [3.8, 4) is 0 Å². The minimum atomic E-state index is 0.783. The summed E-state index contributed by atoms with van der Waals surface area (Å²) in [4.78, 5) is 8.05. The third-order valence-electron chi connectivity index (χ3n) is 1.84. The first-order valence-corrected chi connectivity index (χ1v) is 4.82. The maximum atomic E-state index is 4.09. The van der Waals surface area contributed by atoms with Crippen LogP contribution in [0, 0.1) is 0 Å². The first kappa shape index (κ1) is 10.2. The molecule has 0 aliphatic heterocycles. The molecule has 4 heteroatoms. The summed E-state index contributed by atoms with van der Waals surface area (Å²) in [6.07, 6.45) is 8.40. The van der Waals surface area contributed by atoms with Crippen LogP contribution in [-0.4, -0.2) is 22.4 Å². The summed E-state index contributed by atoms with van der Waals surface area (Å²) in [5, 5.41) is 7.79. The van der Waals surface area contributed by atoms with Crippen molar-refractivity contribution in [3.05, 3.63) is 60.2 Å². The summed E-state index contributed by atoms with van der Waals surface area (Å²) < 4.78 is 0. The lowest BCUT2D eigenvalue weighted by molar-refractivity contribution is 1.23. The van der Waals surface area contributed by atoms with Crippen molar-refractivity contribution in [1.82, 2.24) is 9.97 Å². The minimum Gasteiger partial charge on any atom is -0.264 e. The Bertz CT molecular complexity index is 429. The first-order chi connectivity index (χ1) is 7.95. The summed E-state index contributed by atoms with van der Waals surface area (Å²) >= 11 is 0. The van der Waals surface area contributed by atoms with E-state index in [1.165, 1.54) is 0 Å². The predicted octanol–water partition coefficient (Wildman–Crippen LogP) is 1.93. The molecule has 0 unspecified atom stereocenters. The zero-order chi connectivity index (χ0) is 11.1. The van der Waals surface area contributed by atoms with E-state index in [9.17, 15) is 0 Å². The molecule has 0 amide bonds. The molecule has 78 valence electrons. The molecule has 0 saturated carbocycles. The average Bonchev–Trinajstić information content (AvgIpc) is 2.37. The highest BCUT2D eigenvalue weighted by molar-refractivity contribution is 5.81. The fraction of sp³-hybridized carbons (Fsp3) is 0. The van der Waals surface area contributed by atoms with Crippen molar-refractivity contribution in [2.75, 3.05) is 0 Å². The van der Waals surface area contributed by atoms with Gasteiger partial charge in [0.15, 0.2) is 0 Å². The van der Waals surface area contributed by atoms with E-state index in [0.29, 0.717) is 0 Å². The lowest BCUT2D eigenvalue weighted by atomic mass is 10.3. The van der Waals surface area contributed by atoms with E-state index in [1.807, 2.05) is 30.3 Å². The monoisotopic (exact) mass is 210 g/mol. The molecule has 0 spiro atoms. The number of rotatable bonds is 3. The summed E-state index contributed by atoms with van der Waals surface area (Å²) in [5.41, 5.74) is 1.70. The Hall–Kier alpha value is -2.36. The molecule has 0 fully saturated rings. The second-order valence-electron chi connectivity index (χ2n) is 3.03. The smallest absolute Gasteiger partial charge is 0.0831 e. The van der Waals surface area contributed by atoms with Gasteiger partial charge in [0.05, 0.1) is 18.1 Å². The highest BCUT2D eigenvalue weighted by Gasteiger charge is 1.84. The van der Waals surface area contributed by atoms with Crippen LogP contribution in [-0.2, 0) is 0 Å². The molecule has 0 bridgehead atoms. The molecule has 0 atom stereocenters. The summed E-state index contributed by atoms with van der Waals surface area (Å²) in [5.74, 6) is 0.